The van der Waals surface area contributed by atoms with Crippen LogP contribution >= 0.6 is 11.6 Å². The quantitative estimate of drug-likeness (QED) is 0.506. The first kappa shape index (κ1) is 20.7. The highest BCUT2D eigenvalue weighted by molar-refractivity contribution is 6.32. The molecule has 0 aliphatic heterocycles. The number of aryl methyl sites for hydroxylation is 2. The SMILES string of the molecule is CCOc1ccc(C(=O)Nc2ccc(C)cc2C)cc1COc1ccccc1Cl. The molecule has 0 radical (unpaired) electrons. The van der Waals surface area contributed by atoms with E-state index >= 15 is 0 Å². The summed E-state index contributed by atoms with van der Waals surface area (Å²) in [6.45, 7) is 6.68. The van der Waals surface area contributed by atoms with Gasteiger partial charge in [-0.05, 0) is 62.7 Å². The van der Waals surface area contributed by atoms with Crippen molar-refractivity contribution < 1.29 is 14.3 Å². The van der Waals surface area contributed by atoms with E-state index in [4.69, 9.17) is 21.1 Å². The Balaban J connectivity index is 1.81. The summed E-state index contributed by atoms with van der Waals surface area (Å²) in [6, 6.07) is 18.6. The Kier molecular flexibility index (Phi) is 6.78. The van der Waals surface area contributed by atoms with Crippen molar-refractivity contribution in [1.82, 2.24) is 0 Å². The molecule has 0 bridgehead atoms. The van der Waals surface area contributed by atoms with Crippen molar-refractivity contribution in [3.63, 3.8) is 0 Å². The fourth-order valence-corrected chi connectivity index (χ4v) is 3.19. The van der Waals surface area contributed by atoms with Crippen LogP contribution < -0.4 is 14.8 Å². The number of rotatable bonds is 7. The third-order valence-corrected chi connectivity index (χ3v) is 4.78. The van der Waals surface area contributed by atoms with Crippen LogP contribution in [0.15, 0.2) is 60.7 Å². The summed E-state index contributed by atoms with van der Waals surface area (Å²) in [4.78, 5) is 12.8. The van der Waals surface area contributed by atoms with Crippen molar-refractivity contribution in [1.29, 1.82) is 0 Å². The highest BCUT2D eigenvalue weighted by Gasteiger charge is 2.13. The van der Waals surface area contributed by atoms with Gasteiger partial charge in [0, 0.05) is 16.8 Å². The Labute approximate surface area is 176 Å². The van der Waals surface area contributed by atoms with Gasteiger partial charge in [-0.25, -0.2) is 0 Å². The van der Waals surface area contributed by atoms with Crippen molar-refractivity contribution in [2.24, 2.45) is 0 Å². The average molecular weight is 410 g/mol. The fourth-order valence-electron chi connectivity index (χ4n) is 3.00. The highest BCUT2D eigenvalue weighted by atomic mass is 35.5. The lowest BCUT2D eigenvalue weighted by Crippen LogP contribution is -2.14. The van der Waals surface area contributed by atoms with E-state index in [1.807, 2.05) is 51.1 Å². The van der Waals surface area contributed by atoms with Crippen LogP contribution in [0.1, 0.15) is 34.0 Å². The molecule has 0 fully saturated rings. The van der Waals surface area contributed by atoms with Gasteiger partial charge in [0.2, 0.25) is 0 Å². The maximum atomic E-state index is 12.8. The summed E-state index contributed by atoms with van der Waals surface area (Å²) in [6.07, 6.45) is 0. The van der Waals surface area contributed by atoms with Crippen LogP contribution in [0.25, 0.3) is 0 Å². The molecule has 0 saturated heterocycles. The summed E-state index contributed by atoms with van der Waals surface area (Å²) >= 11 is 6.17. The van der Waals surface area contributed by atoms with Gasteiger partial charge >= 0.3 is 0 Å². The first-order chi connectivity index (χ1) is 14.0. The number of hydrogen-bond donors (Lipinski definition) is 1. The van der Waals surface area contributed by atoms with Crippen LogP contribution in [0, 0.1) is 13.8 Å². The molecule has 1 amide bonds. The summed E-state index contributed by atoms with van der Waals surface area (Å²) in [7, 11) is 0. The van der Waals surface area contributed by atoms with E-state index in [0.29, 0.717) is 28.7 Å². The zero-order valence-corrected chi connectivity index (χ0v) is 17.5. The van der Waals surface area contributed by atoms with Crippen LogP contribution in [0.4, 0.5) is 5.69 Å². The summed E-state index contributed by atoms with van der Waals surface area (Å²) in [5.41, 5.74) is 4.28. The smallest absolute Gasteiger partial charge is 0.255 e. The second kappa shape index (κ2) is 9.48. The fraction of sp³-hybridized carbons (Fsp3) is 0.208. The van der Waals surface area contributed by atoms with E-state index in [1.165, 1.54) is 0 Å². The predicted octanol–water partition coefficient (Wildman–Crippen LogP) is 6.19. The maximum absolute atomic E-state index is 12.8. The molecular weight excluding hydrogens is 386 g/mol. The van der Waals surface area contributed by atoms with Crippen LogP contribution in [-0.4, -0.2) is 12.5 Å². The summed E-state index contributed by atoms with van der Waals surface area (Å²) < 4.78 is 11.5. The second-order valence-electron chi connectivity index (χ2n) is 6.75. The summed E-state index contributed by atoms with van der Waals surface area (Å²) in [5.74, 6) is 1.09. The van der Waals surface area contributed by atoms with E-state index in [1.54, 1.807) is 30.3 Å². The molecule has 1 N–H and O–H groups in total. The molecule has 0 atom stereocenters. The van der Waals surface area contributed by atoms with Gasteiger partial charge < -0.3 is 14.8 Å². The minimum Gasteiger partial charge on any atom is -0.493 e. The average Bonchev–Trinajstić information content (AvgIpc) is 2.70. The lowest BCUT2D eigenvalue weighted by molar-refractivity contribution is 0.102. The maximum Gasteiger partial charge on any atom is 0.255 e. The normalized spacial score (nSPS) is 10.5. The molecule has 3 rings (SSSR count). The van der Waals surface area contributed by atoms with Gasteiger partial charge in [0.1, 0.15) is 18.1 Å². The largest absolute Gasteiger partial charge is 0.493 e. The number of nitrogens with one attached hydrogen (secondary N) is 1. The van der Waals surface area contributed by atoms with Gasteiger partial charge in [0.25, 0.3) is 5.91 Å². The molecule has 3 aromatic rings. The molecule has 4 nitrogen and oxygen atoms in total. The molecule has 0 spiro atoms. The van der Waals surface area contributed by atoms with Gasteiger partial charge in [-0.1, -0.05) is 41.4 Å². The van der Waals surface area contributed by atoms with Crippen molar-refractivity contribution >= 4 is 23.2 Å². The van der Waals surface area contributed by atoms with Crippen molar-refractivity contribution in [2.45, 2.75) is 27.4 Å². The van der Waals surface area contributed by atoms with E-state index in [-0.39, 0.29) is 12.5 Å². The number of hydrogen-bond acceptors (Lipinski definition) is 3. The first-order valence-electron chi connectivity index (χ1n) is 9.49. The van der Waals surface area contributed by atoms with E-state index < -0.39 is 0 Å². The molecule has 0 aliphatic carbocycles. The number of para-hydroxylation sites is 1. The molecule has 0 aliphatic rings. The Morgan fingerprint density at radius 1 is 0.966 bits per heavy atom. The predicted molar refractivity (Wildman–Crippen MR) is 117 cm³/mol. The third kappa shape index (κ3) is 5.30. The van der Waals surface area contributed by atoms with Gasteiger partial charge in [-0.2, -0.15) is 0 Å². The van der Waals surface area contributed by atoms with Crippen LogP contribution in [0.3, 0.4) is 0 Å². The number of amides is 1. The lowest BCUT2D eigenvalue weighted by Gasteiger charge is -2.14. The molecule has 0 saturated carbocycles. The van der Waals surface area contributed by atoms with Gasteiger partial charge in [0.05, 0.1) is 11.6 Å². The van der Waals surface area contributed by atoms with Crippen molar-refractivity contribution in [3.8, 4) is 11.5 Å². The highest BCUT2D eigenvalue weighted by Crippen LogP contribution is 2.27. The molecule has 150 valence electrons. The number of benzene rings is 3. The molecule has 29 heavy (non-hydrogen) atoms. The number of halogens is 1. The van der Waals surface area contributed by atoms with E-state index in [9.17, 15) is 4.79 Å². The second-order valence-corrected chi connectivity index (χ2v) is 7.15. The van der Waals surface area contributed by atoms with Gasteiger partial charge in [-0.15, -0.1) is 0 Å². The monoisotopic (exact) mass is 409 g/mol. The zero-order chi connectivity index (χ0) is 20.8. The Hall–Kier alpha value is -2.98. The van der Waals surface area contributed by atoms with Crippen LogP contribution in [-0.2, 0) is 6.61 Å². The first-order valence-corrected chi connectivity index (χ1v) is 9.87. The van der Waals surface area contributed by atoms with Crippen molar-refractivity contribution in [2.75, 3.05) is 11.9 Å². The van der Waals surface area contributed by atoms with Crippen LogP contribution in [0.5, 0.6) is 11.5 Å². The van der Waals surface area contributed by atoms with E-state index in [0.717, 1.165) is 22.4 Å². The Morgan fingerprint density at radius 3 is 2.48 bits per heavy atom. The Morgan fingerprint density at radius 2 is 1.76 bits per heavy atom. The molecule has 0 unspecified atom stereocenters. The number of carbonyl (C=O) groups excluding carboxylic acids is 1. The summed E-state index contributed by atoms with van der Waals surface area (Å²) in [5, 5.41) is 3.51. The standard InChI is InChI=1S/C24H24ClNO3/c1-4-28-22-12-10-18(24(27)26-21-11-9-16(2)13-17(21)3)14-19(22)15-29-23-8-6-5-7-20(23)25/h5-14H,4,15H2,1-3H3,(H,26,27). The van der Waals surface area contributed by atoms with E-state index in [2.05, 4.69) is 5.32 Å². The number of carbonyl (C=O) groups is 1. The van der Waals surface area contributed by atoms with Crippen LogP contribution in [0.2, 0.25) is 5.02 Å². The number of ether oxygens (including phenoxy) is 2. The zero-order valence-electron chi connectivity index (χ0n) is 16.8. The number of anilines is 1. The molecular formula is C24H24ClNO3. The lowest BCUT2D eigenvalue weighted by atomic mass is 10.1. The minimum atomic E-state index is -0.181. The molecule has 0 aromatic heterocycles. The van der Waals surface area contributed by atoms with Crippen molar-refractivity contribution in [3.05, 3.63) is 87.9 Å². The Bertz CT molecular complexity index is 1020. The molecule has 5 heteroatoms. The van der Waals surface area contributed by atoms with Gasteiger partial charge in [0.15, 0.2) is 0 Å². The molecule has 0 heterocycles. The minimum absolute atomic E-state index is 0.181. The third-order valence-electron chi connectivity index (χ3n) is 4.47. The van der Waals surface area contributed by atoms with Gasteiger partial charge in [-0.3, -0.25) is 4.79 Å². The molecule has 3 aromatic carbocycles. The topological polar surface area (TPSA) is 47.6 Å².